The fourth-order valence-electron chi connectivity index (χ4n) is 2.22. The zero-order chi connectivity index (χ0) is 16.1. The van der Waals surface area contributed by atoms with E-state index in [9.17, 15) is 4.39 Å². The molecule has 0 aromatic heterocycles. The Kier molecular flexibility index (Phi) is 5.63. The van der Waals surface area contributed by atoms with Gasteiger partial charge in [-0.1, -0.05) is 23.7 Å². The summed E-state index contributed by atoms with van der Waals surface area (Å²) >= 11 is 6.08. The molecule has 0 fully saturated rings. The van der Waals surface area contributed by atoms with Crippen molar-refractivity contribution in [1.29, 1.82) is 0 Å². The Morgan fingerprint density at radius 1 is 1.14 bits per heavy atom. The molecule has 22 heavy (non-hydrogen) atoms. The summed E-state index contributed by atoms with van der Waals surface area (Å²) in [5.41, 5.74) is 1.86. The molecule has 2 rings (SSSR count). The standard InChI is InChI=1S/C17H19ClFNO2/c1-11(15-7-5-13(19)8-16(15)18)20-10-12-4-6-14(21-2)9-17(12)22-3/h4-9,11,20H,10H2,1-3H3. The van der Waals surface area contributed by atoms with Crippen molar-refractivity contribution in [1.82, 2.24) is 5.32 Å². The highest BCUT2D eigenvalue weighted by molar-refractivity contribution is 6.31. The van der Waals surface area contributed by atoms with Gasteiger partial charge in [0, 0.05) is 29.2 Å². The van der Waals surface area contributed by atoms with Crippen molar-refractivity contribution >= 4 is 11.6 Å². The molecule has 0 heterocycles. The van der Waals surface area contributed by atoms with E-state index in [2.05, 4.69) is 5.32 Å². The molecule has 1 atom stereocenters. The second kappa shape index (κ2) is 7.47. The van der Waals surface area contributed by atoms with Crippen LogP contribution in [0.4, 0.5) is 4.39 Å². The van der Waals surface area contributed by atoms with Gasteiger partial charge in [-0.2, -0.15) is 0 Å². The first-order valence-corrected chi connectivity index (χ1v) is 7.32. The van der Waals surface area contributed by atoms with E-state index in [1.54, 1.807) is 20.3 Å². The maximum Gasteiger partial charge on any atom is 0.127 e. The molecule has 0 spiro atoms. The van der Waals surface area contributed by atoms with E-state index >= 15 is 0 Å². The second-order valence-electron chi connectivity index (χ2n) is 4.95. The third-order valence-electron chi connectivity index (χ3n) is 3.52. The summed E-state index contributed by atoms with van der Waals surface area (Å²) in [4.78, 5) is 0. The molecule has 0 saturated heterocycles. The molecular formula is C17H19ClFNO2. The summed E-state index contributed by atoms with van der Waals surface area (Å²) in [6.45, 7) is 2.58. The van der Waals surface area contributed by atoms with E-state index in [4.69, 9.17) is 21.1 Å². The smallest absolute Gasteiger partial charge is 0.127 e. The van der Waals surface area contributed by atoms with Gasteiger partial charge in [0.25, 0.3) is 0 Å². The third kappa shape index (κ3) is 3.90. The van der Waals surface area contributed by atoms with E-state index < -0.39 is 0 Å². The zero-order valence-corrected chi connectivity index (χ0v) is 13.6. The van der Waals surface area contributed by atoms with Gasteiger partial charge < -0.3 is 14.8 Å². The number of methoxy groups -OCH3 is 2. The Labute approximate surface area is 135 Å². The quantitative estimate of drug-likeness (QED) is 0.857. The number of rotatable bonds is 6. The molecule has 5 heteroatoms. The van der Waals surface area contributed by atoms with Gasteiger partial charge in [0.05, 0.1) is 14.2 Å². The highest BCUT2D eigenvalue weighted by Gasteiger charge is 2.12. The van der Waals surface area contributed by atoms with Crippen molar-refractivity contribution in [3.05, 3.63) is 58.4 Å². The third-order valence-corrected chi connectivity index (χ3v) is 3.85. The molecule has 1 unspecified atom stereocenters. The topological polar surface area (TPSA) is 30.5 Å². The van der Waals surface area contributed by atoms with Gasteiger partial charge in [0.1, 0.15) is 17.3 Å². The van der Waals surface area contributed by atoms with E-state index in [0.29, 0.717) is 11.6 Å². The Hall–Kier alpha value is -1.78. The maximum absolute atomic E-state index is 13.1. The van der Waals surface area contributed by atoms with Gasteiger partial charge >= 0.3 is 0 Å². The van der Waals surface area contributed by atoms with Crippen LogP contribution in [0.25, 0.3) is 0 Å². The van der Waals surface area contributed by atoms with Crippen LogP contribution in [0.2, 0.25) is 5.02 Å². The van der Waals surface area contributed by atoms with Crippen molar-refractivity contribution in [2.45, 2.75) is 19.5 Å². The summed E-state index contributed by atoms with van der Waals surface area (Å²) in [5, 5.41) is 3.78. The monoisotopic (exact) mass is 323 g/mol. The second-order valence-corrected chi connectivity index (χ2v) is 5.35. The fourth-order valence-corrected chi connectivity index (χ4v) is 2.55. The van der Waals surface area contributed by atoms with Crippen LogP contribution in [-0.4, -0.2) is 14.2 Å². The highest BCUT2D eigenvalue weighted by Crippen LogP contribution is 2.27. The molecule has 2 aromatic carbocycles. The molecule has 0 saturated carbocycles. The summed E-state index contributed by atoms with van der Waals surface area (Å²) in [6.07, 6.45) is 0. The van der Waals surface area contributed by atoms with Crippen molar-refractivity contribution in [2.75, 3.05) is 14.2 Å². The zero-order valence-electron chi connectivity index (χ0n) is 12.8. The Balaban J connectivity index is 2.09. The lowest BCUT2D eigenvalue weighted by atomic mass is 10.1. The van der Waals surface area contributed by atoms with Crippen LogP contribution < -0.4 is 14.8 Å². The molecule has 1 N–H and O–H groups in total. The van der Waals surface area contributed by atoms with E-state index in [1.165, 1.54) is 12.1 Å². The number of nitrogens with one attached hydrogen (secondary N) is 1. The van der Waals surface area contributed by atoms with E-state index in [0.717, 1.165) is 22.6 Å². The Morgan fingerprint density at radius 3 is 2.55 bits per heavy atom. The number of halogens is 2. The summed E-state index contributed by atoms with van der Waals surface area (Å²) in [5.74, 6) is 1.16. The van der Waals surface area contributed by atoms with Crippen LogP contribution in [0.1, 0.15) is 24.1 Å². The first kappa shape index (κ1) is 16.6. The number of hydrogen-bond acceptors (Lipinski definition) is 3. The number of ether oxygens (including phenoxy) is 2. The van der Waals surface area contributed by atoms with Crippen LogP contribution in [0.5, 0.6) is 11.5 Å². The van der Waals surface area contributed by atoms with Crippen LogP contribution in [0.3, 0.4) is 0 Å². The Bertz CT molecular complexity index is 649. The van der Waals surface area contributed by atoms with Gasteiger partial charge in [0.2, 0.25) is 0 Å². The number of hydrogen-bond donors (Lipinski definition) is 1. The molecule has 0 aliphatic rings. The fraction of sp³-hybridized carbons (Fsp3) is 0.294. The molecule has 0 bridgehead atoms. The Morgan fingerprint density at radius 2 is 1.91 bits per heavy atom. The van der Waals surface area contributed by atoms with Gasteiger partial charge in [-0.15, -0.1) is 0 Å². The molecule has 0 radical (unpaired) electrons. The first-order valence-electron chi connectivity index (χ1n) is 6.94. The van der Waals surface area contributed by atoms with Crippen molar-refractivity contribution in [3.63, 3.8) is 0 Å². The predicted octanol–water partition coefficient (Wildman–Crippen LogP) is 4.35. The first-order chi connectivity index (χ1) is 10.5. The minimum absolute atomic E-state index is 0.0140. The normalized spacial score (nSPS) is 12.0. The minimum atomic E-state index is -0.335. The molecule has 0 aliphatic carbocycles. The molecule has 118 valence electrons. The van der Waals surface area contributed by atoms with Crippen LogP contribution >= 0.6 is 11.6 Å². The lowest BCUT2D eigenvalue weighted by Crippen LogP contribution is -2.19. The average Bonchev–Trinajstić information content (AvgIpc) is 2.52. The van der Waals surface area contributed by atoms with Crippen LogP contribution in [0.15, 0.2) is 36.4 Å². The molecule has 2 aromatic rings. The van der Waals surface area contributed by atoms with E-state index in [1.807, 2.05) is 25.1 Å². The SMILES string of the molecule is COc1ccc(CNC(C)c2ccc(F)cc2Cl)c(OC)c1. The van der Waals surface area contributed by atoms with Gasteiger partial charge in [-0.05, 0) is 30.7 Å². The van der Waals surface area contributed by atoms with Gasteiger partial charge in [-0.25, -0.2) is 4.39 Å². The molecular weight excluding hydrogens is 305 g/mol. The van der Waals surface area contributed by atoms with Gasteiger partial charge in [0.15, 0.2) is 0 Å². The lowest BCUT2D eigenvalue weighted by molar-refractivity contribution is 0.389. The molecule has 3 nitrogen and oxygen atoms in total. The van der Waals surface area contributed by atoms with Crippen LogP contribution in [-0.2, 0) is 6.54 Å². The summed E-state index contributed by atoms with van der Waals surface area (Å²) in [7, 11) is 3.24. The lowest BCUT2D eigenvalue weighted by Gasteiger charge is -2.17. The summed E-state index contributed by atoms with van der Waals surface area (Å²) < 4.78 is 23.6. The maximum atomic E-state index is 13.1. The average molecular weight is 324 g/mol. The van der Waals surface area contributed by atoms with E-state index in [-0.39, 0.29) is 11.9 Å². The summed E-state index contributed by atoms with van der Waals surface area (Å²) in [6, 6.07) is 10.1. The minimum Gasteiger partial charge on any atom is -0.497 e. The van der Waals surface area contributed by atoms with Crippen molar-refractivity contribution in [3.8, 4) is 11.5 Å². The number of benzene rings is 2. The molecule has 0 aliphatic heterocycles. The van der Waals surface area contributed by atoms with Gasteiger partial charge in [-0.3, -0.25) is 0 Å². The van der Waals surface area contributed by atoms with Crippen LogP contribution in [0, 0.1) is 5.82 Å². The highest BCUT2D eigenvalue weighted by atomic mass is 35.5. The molecule has 0 amide bonds. The predicted molar refractivity (Wildman–Crippen MR) is 86.2 cm³/mol. The van der Waals surface area contributed by atoms with Crippen molar-refractivity contribution in [2.24, 2.45) is 0 Å². The van der Waals surface area contributed by atoms with Crippen molar-refractivity contribution < 1.29 is 13.9 Å². The largest absolute Gasteiger partial charge is 0.497 e.